The van der Waals surface area contributed by atoms with E-state index in [1.807, 2.05) is 6.92 Å². The molecule has 2 aliphatic carbocycles. The smallest absolute Gasteiger partial charge is 0.243 e. The third-order valence-electron chi connectivity index (χ3n) is 6.28. The van der Waals surface area contributed by atoms with Crippen LogP contribution in [0.4, 0.5) is 0 Å². The summed E-state index contributed by atoms with van der Waals surface area (Å²) in [6.07, 6.45) is 2.88. The fraction of sp³-hybridized carbons (Fsp3) is 0.545. The first kappa shape index (κ1) is 21.7. The third kappa shape index (κ3) is 3.44. The number of carbonyl (C=O) groups excluding carboxylic acids is 2. The van der Waals surface area contributed by atoms with Crippen molar-refractivity contribution in [2.24, 2.45) is 0 Å². The first-order valence-electron chi connectivity index (χ1n) is 10.1. The quantitative estimate of drug-likeness (QED) is 0.740. The Morgan fingerprint density at radius 2 is 1.72 bits per heavy atom. The SMILES string of the molecule is CCC(=O)C1=C(O)CC(c2c(C)c3c(c(S(=O)(=O)N(C)C)c2C)CCC3)CC1=O. The molecule has 0 fully saturated rings. The molecular weight excluding hydrogens is 390 g/mol. The lowest BCUT2D eigenvalue weighted by Gasteiger charge is -2.29. The molecular formula is C22H29NO5S. The summed E-state index contributed by atoms with van der Waals surface area (Å²) >= 11 is 0. The normalized spacial score (nSPS) is 19.8. The van der Waals surface area contributed by atoms with Crippen LogP contribution in [0.15, 0.2) is 16.2 Å². The van der Waals surface area contributed by atoms with Crippen LogP contribution in [0.3, 0.4) is 0 Å². The van der Waals surface area contributed by atoms with Gasteiger partial charge in [-0.05, 0) is 66.8 Å². The zero-order valence-corrected chi connectivity index (χ0v) is 18.6. The molecule has 7 heteroatoms. The molecule has 0 aromatic heterocycles. The number of allylic oxidation sites excluding steroid dienone is 2. The van der Waals surface area contributed by atoms with E-state index in [1.54, 1.807) is 13.8 Å². The summed E-state index contributed by atoms with van der Waals surface area (Å²) in [4.78, 5) is 25.1. The number of rotatable bonds is 5. The Labute approximate surface area is 172 Å². The maximum atomic E-state index is 13.1. The lowest BCUT2D eigenvalue weighted by Crippen LogP contribution is -2.27. The second-order valence-corrected chi connectivity index (χ2v) is 10.3. The second-order valence-electron chi connectivity index (χ2n) is 8.22. The van der Waals surface area contributed by atoms with E-state index in [1.165, 1.54) is 18.4 Å². The van der Waals surface area contributed by atoms with Gasteiger partial charge in [0.05, 0.1) is 10.5 Å². The molecule has 1 aromatic carbocycles. The Bertz CT molecular complexity index is 1030. The summed E-state index contributed by atoms with van der Waals surface area (Å²) in [6, 6.07) is 0. The fourth-order valence-corrected chi connectivity index (χ4v) is 6.34. The van der Waals surface area contributed by atoms with Crippen LogP contribution in [0, 0.1) is 13.8 Å². The molecule has 29 heavy (non-hydrogen) atoms. The molecule has 0 saturated carbocycles. The van der Waals surface area contributed by atoms with Crippen molar-refractivity contribution in [1.82, 2.24) is 4.31 Å². The van der Waals surface area contributed by atoms with Crippen LogP contribution in [0.2, 0.25) is 0 Å². The molecule has 158 valence electrons. The highest BCUT2D eigenvalue weighted by atomic mass is 32.2. The Balaban J connectivity index is 2.21. The van der Waals surface area contributed by atoms with E-state index in [4.69, 9.17) is 0 Å². The number of carbonyl (C=O) groups is 2. The summed E-state index contributed by atoms with van der Waals surface area (Å²) in [7, 11) is -0.597. The van der Waals surface area contributed by atoms with Gasteiger partial charge < -0.3 is 5.11 Å². The highest BCUT2D eigenvalue weighted by molar-refractivity contribution is 7.89. The topological polar surface area (TPSA) is 91.8 Å². The summed E-state index contributed by atoms with van der Waals surface area (Å²) < 4.78 is 27.5. The fourth-order valence-electron chi connectivity index (χ4n) is 4.94. The van der Waals surface area contributed by atoms with Crippen LogP contribution >= 0.6 is 0 Å². The van der Waals surface area contributed by atoms with Gasteiger partial charge in [-0.2, -0.15) is 0 Å². The van der Waals surface area contributed by atoms with Crippen molar-refractivity contribution in [2.45, 2.75) is 70.1 Å². The highest BCUT2D eigenvalue weighted by Gasteiger charge is 2.37. The van der Waals surface area contributed by atoms with Crippen molar-refractivity contribution < 1.29 is 23.1 Å². The Morgan fingerprint density at radius 3 is 2.28 bits per heavy atom. The van der Waals surface area contributed by atoms with E-state index >= 15 is 0 Å². The predicted molar refractivity (Wildman–Crippen MR) is 111 cm³/mol. The van der Waals surface area contributed by atoms with E-state index in [0.29, 0.717) is 10.5 Å². The van der Waals surface area contributed by atoms with Crippen LogP contribution in [0.25, 0.3) is 0 Å². The van der Waals surface area contributed by atoms with Gasteiger partial charge in [-0.1, -0.05) is 6.92 Å². The molecule has 0 aliphatic heterocycles. The molecule has 0 radical (unpaired) electrons. The number of aliphatic hydroxyl groups excluding tert-OH is 1. The van der Waals surface area contributed by atoms with Crippen molar-refractivity contribution in [3.63, 3.8) is 0 Å². The maximum Gasteiger partial charge on any atom is 0.243 e. The van der Waals surface area contributed by atoms with Crippen LogP contribution in [0.1, 0.15) is 66.3 Å². The number of aliphatic hydroxyl groups is 1. The van der Waals surface area contributed by atoms with Crippen molar-refractivity contribution in [1.29, 1.82) is 0 Å². The van der Waals surface area contributed by atoms with Gasteiger partial charge in [0.25, 0.3) is 0 Å². The van der Waals surface area contributed by atoms with Crippen molar-refractivity contribution in [2.75, 3.05) is 14.1 Å². The van der Waals surface area contributed by atoms with E-state index < -0.39 is 10.0 Å². The number of hydrogen-bond acceptors (Lipinski definition) is 5. The Morgan fingerprint density at radius 1 is 1.10 bits per heavy atom. The lowest BCUT2D eigenvalue weighted by molar-refractivity contribution is -0.122. The molecule has 0 heterocycles. The molecule has 3 rings (SSSR count). The zero-order chi connectivity index (χ0) is 21.7. The van der Waals surface area contributed by atoms with Gasteiger partial charge in [0.1, 0.15) is 5.76 Å². The molecule has 1 aromatic rings. The van der Waals surface area contributed by atoms with Crippen molar-refractivity contribution >= 4 is 21.6 Å². The average Bonchev–Trinajstić information content (AvgIpc) is 3.10. The Kier molecular flexibility index (Phi) is 5.75. The van der Waals surface area contributed by atoms with E-state index in [0.717, 1.165) is 41.5 Å². The monoisotopic (exact) mass is 419 g/mol. The number of benzene rings is 1. The van der Waals surface area contributed by atoms with Gasteiger partial charge in [0, 0.05) is 33.4 Å². The van der Waals surface area contributed by atoms with Crippen molar-refractivity contribution in [3.05, 3.63) is 39.1 Å². The molecule has 2 aliphatic rings. The molecule has 0 bridgehead atoms. The first-order valence-corrected chi connectivity index (χ1v) is 11.5. The minimum absolute atomic E-state index is 0.0821. The third-order valence-corrected chi connectivity index (χ3v) is 8.31. The molecule has 1 atom stereocenters. The number of ketones is 2. The molecule has 6 nitrogen and oxygen atoms in total. The predicted octanol–water partition coefficient (Wildman–Crippen LogP) is 3.28. The van der Waals surface area contributed by atoms with Gasteiger partial charge >= 0.3 is 0 Å². The number of fused-ring (bicyclic) bond motifs is 1. The highest BCUT2D eigenvalue weighted by Crippen LogP contribution is 2.44. The minimum Gasteiger partial charge on any atom is -0.511 e. The van der Waals surface area contributed by atoms with Crippen LogP contribution in [0.5, 0.6) is 0 Å². The first-order chi connectivity index (χ1) is 13.5. The van der Waals surface area contributed by atoms with Crippen LogP contribution in [-0.2, 0) is 32.5 Å². The number of sulfonamides is 1. The van der Waals surface area contributed by atoms with Crippen molar-refractivity contribution in [3.8, 4) is 0 Å². The number of hydrogen-bond donors (Lipinski definition) is 1. The van der Waals surface area contributed by atoms with E-state index in [-0.39, 0.29) is 48.1 Å². The van der Waals surface area contributed by atoms with E-state index in [2.05, 4.69) is 0 Å². The summed E-state index contributed by atoms with van der Waals surface area (Å²) in [5.74, 6) is -1.21. The van der Waals surface area contributed by atoms with E-state index in [9.17, 15) is 23.1 Å². The summed E-state index contributed by atoms with van der Waals surface area (Å²) in [5.41, 5.74) is 4.37. The summed E-state index contributed by atoms with van der Waals surface area (Å²) in [6.45, 7) is 5.45. The zero-order valence-electron chi connectivity index (χ0n) is 17.8. The van der Waals surface area contributed by atoms with Gasteiger partial charge in [-0.25, -0.2) is 12.7 Å². The van der Waals surface area contributed by atoms with Gasteiger partial charge in [0.15, 0.2) is 11.6 Å². The van der Waals surface area contributed by atoms with Gasteiger partial charge in [-0.15, -0.1) is 0 Å². The molecule has 1 N–H and O–H groups in total. The molecule has 0 saturated heterocycles. The molecule has 0 amide bonds. The van der Waals surface area contributed by atoms with Crippen LogP contribution in [-0.4, -0.2) is 43.5 Å². The largest absolute Gasteiger partial charge is 0.511 e. The van der Waals surface area contributed by atoms with Crippen LogP contribution < -0.4 is 0 Å². The second kappa shape index (κ2) is 7.69. The lowest BCUT2D eigenvalue weighted by atomic mass is 9.77. The van der Waals surface area contributed by atoms with Gasteiger partial charge in [0.2, 0.25) is 10.0 Å². The molecule has 1 unspecified atom stereocenters. The van der Waals surface area contributed by atoms with Gasteiger partial charge in [-0.3, -0.25) is 9.59 Å². The Hall–Kier alpha value is -1.99. The minimum atomic E-state index is -3.65. The molecule has 0 spiro atoms. The maximum absolute atomic E-state index is 13.1. The number of nitrogens with zero attached hydrogens (tertiary/aromatic N) is 1. The summed E-state index contributed by atoms with van der Waals surface area (Å²) in [5, 5.41) is 10.5. The number of Topliss-reactive ketones (excluding diaryl/α,β-unsaturated/α-hetero) is 2. The average molecular weight is 420 g/mol. The standard InChI is InChI=1S/C22H29NO5S/c1-6-17(24)21-18(25)10-14(11-19(21)26)20-12(2)15-8-7-9-16(15)22(13(20)3)29(27,28)23(4)5/h14,25H,6-11H2,1-5H3.